The van der Waals surface area contributed by atoms with Crippen molar-refractivity contribution in [3.8, 4) is 0 Å². The quantitative estimate of drug-likeness (QED) is 0.608. The predicted octanol–water partition coefficient (Wildman–Crippen LogP) is 5.88. The second-order valence-corrected chi connectivity index (χ2v) is 5.69. The van der Waals surface area contributed by atoms with Gasteiger partial charge < -0.3 is 10.1 Å². The smallest absolute Gasteiger partial charge is 0.255 e. The van der Waals surface area contributed by atoms with Gasteiger partial charge in [0.05, 0.1) is 0 Å². The number of carbonyl (C=O) groups is 1. The van der Waals surface area contributed by atoms with Crippen molar-refractivity contribution < 1.29 is 11.0 Å². The predicted molar refractivity (Wildman–Crippen MR) is 108 cm³/mol. The minimum Gasteiger partial charge on any atom is -0.381 e. The number of anilines is 1. The van der Waals surface area contributed by atoms with Gasteiger partial charge in [0, 0.05) is 25.9 Å². The monoisotopic (exact) mass is 343 g/mol. The first-order chi connectivity index (χ1) is 12.2. The van der Waals surface area contributed by atoms with Crippen LogP contribution in [0.1, 0.15) is 56.5 Å². The summed E-state index contributed by atoms with van der Waals surface area (Å²) < 4.78 is 5.51. The van der Waals surface area contributed by atoms with E-state index < -0.39 is 0 Å². The summed E-state index contributed by atoms with van der Waals surface area (Å²) in [5, 5.41) is 2.97. The molecule has 0 heterocycles. The highest BCUT2D eigenvalue weighted by Gasteiger charge is 2.10. The van der Waals surface area contributed by atoms with Crippen LogP contribution in [0.2, 0.25) is 0 Å². The zero-order chi connectivity index (χ0) is 18.5. The number of aryl methyl sites for hydroxylation is 2. The van der Waals surface area contributed by atoms with Crippen LogP contribution in [0.25, 0.3) is 0 Å². The molecule has 0 spiro atoms. The Morgan fingerprint density at radius 3 is 2.40 bits per heavy atom. The van der Waals surface area contributed by atoms with Gasteiger partial charge in [-0.25, -0.2) is 0 Å². The van der Waals surface area contributed by atoms with Gasteiger partial charge in [0.15, 0.2) is 0 Å². The van der Waals surface area contributed by atoms with E-state index in [-0.39, 0.29) is 7.33 Å². The summed E-state index contributed by atoms with van der Waals surface area (Å²) in [6.07, 6.45) is 2.81. The zero-order valence-corrected chi connectivity index (χ0v) is 16.0. The van der Waals surface area contributed by atoms with E-state index >= 15 is 0 Å². The molecule has 1 N–H and O–H groups in total. The van der Waals surface area contributed by atoms with Gasteiger partial charge in [0.1, 0.15) is 0 Å². The maximum absolute atomic E-state index is 12.5. The molecule has 2 aromatic carbocycles. The highest BCUT2D eigenvalue weighted by atomic mass is 16.5. The molecule has 0 fully saturated rings. The van der Waals surface area contributed by atoms with Crippen LogP contribution >= 0.6 is 0 Å². The van der Waals surface area contributed by atoms with E-state index in [0.717, 1.165) is 49.3 Å². The molecule has 2 rings (SSSR count). The lowest BCUT2D eigenvalue weighted by Crippen LogP contribution is -2.14. The first-order valence-electron chi connectivity index (χ1n) is 9.24. The minimum absolute atomic E-state index is 0. The van der Waals surface area contributed by atoms with Gasteiger partial charge in [-0.1, -0.05) is 56.7 Å². The maximum Gasteiger partial charge on any atom is 0.255 e. The van der Waals surface area contributed by atoms with Crippen molar-refractivity contribution in [2.45, 2.75) is 47.0 Å². The van der Waals surface area contributed by atoms with Crippen LogP contribution in [0, 0.1) is 6.92 Å². The van der Waals surface area contributed by atoms with E-state index in [4.69, 9.17) is 4.74 Å². The van der Waals surface area contributed by atoms with Gasteiger partial charge in [0.2, 0.25) is 0 Å². The molecule has 2 aromatic rings. The lowest BCUT2D eigenvalue weighted by molar-refractivity contribution is 0.102. The van der Waals surface area contributed by atoms with Crippen molar-refractivity contribution in [2.75, 3.05) is 18.5 Å². The molecule has 0 aliphatic carbocycles. The Balaban J connectivity index is 0.00000201. The van der Waals surface area contributed by atoms with Crippen LogP contribution < -0.4 is 5.32 Å². The van der Waals surface area contributed by atoms with E-state index in [1.54, 1.807) is 0 Å². The third-order valence-corrected chi connectivity index (χ3v) is 3.65. The zero-order valence-electron chi connectivity index (χ0n) is 16.0. The molecule has 138 valence electrons. The number of hydrogen-bond donors (Lipinski definition) is 1. The number of amides is 1. The summed E-state index contributed by atoms with van der Waals surface area (Å²) in [6.45, 7) is 9.67. The molecule has 0 aliphatic heterocycles. The van der Waals surface area contributed by atoms with Crippen molar-refractivity contribution in [3.63, 3.8) is 0 Å². The average Bonchev–Trinajstić information content (AvgIpc) is 2.65. The largest absolute Gasteiger partial charge is 0.381 e. The Hall–Kier alpha value is -2.13. The van der Waals surface area contributed by atoms with Crippen molar-refractivity contribution in [1.82, 2.24) is 0 Å². The molecule has 3 heteroatoms. The summed E-state index contributed by atoms with van der Waals surface area (Å²) in [5.74, 6) is -0.0565. The molecule has 0 bridgehead atoms. The molecular weight excluding hydrogens is 310 g/mol. The molecular formula is C22H33NO2. The second-order valence-electron chi connectivity index (χ2n) is 5.69. The van der Waals surface area contributed by atoms with Gasteiger partial charge in [-0.2, -0.15) is 0 Å². The number of ether oxygens (including phenoxy) is 1. The van der Waals surface area contributed by atoms with Crippen molar-refractivity contribution in [2.24, 2.45) is 0 Å². The fraction of sp³-hybridized carbons (Fsp3) is 0.409. The fourth-order valence-corrected chi connectivity index (χ4v) is 2.41. The molecule has 1 amide bonds. The number of benzene rings is 2. The van der Waals surface area contributed by atoms with Crippen LogP contribution in [0.4, 0.5) is 5.69 Å². The molecule has 0 atom stereocenters. The van der Waals surface area contributed by atoms with E-state index in [2.05, 4.69) is 12.2 Å². The minimum atomic E-state index is -0.0565. The second kappa shape index (κ2) is 12.3. The third-order valence-electron chi connectivity index (χ3n) is 3.65. The Morgan fingerprint density at radius 2 is 1.72 bits per heavy atom. The highest BCUT2D eigenvalue weighted by molar-refractivity contribution is 6.05. The van der Waals surface area contributed by atoms with Gasteiger partial charge in [-0.05, 0) is 49.9 Å². The normalized spacial score (nSPS) is 9.92. The molecule has 0 saturated carbocycles. The molecule has 0 aliphatic rings. The summed E-state index contributed by atoms with van der Waals surface area (Å²) in [5.41, 5.74) is 3.80. The summed E-state index contributed by atoms with van der Waals surface area (Å²) in [6, 6.07) is 15.6. The van der Waals surface area contributed by atoms with E-state index in [9.17, 15) is 4.79 Å². The Labute approximate surface area is 153 Å². The van der Waals surface area contributed by atoms with Crippen LogP contribution in [0.5, 0.6) is 0 Å². The lowest BCUT2D eigenvalue weighted by atomic mass is 10.0. The molecule has 0 unspecified atom stereocenters. The molecule has 3 nitrogen and oxygen atoms in total. The molecule has 0 radical (unpaired) electrons. The Bertz CT molecular complexity index is 626. The maximum atomic E-state index is 12.5. The van der Waals surface area contributed by atoms with Crippen LogP contribution in [0.3, 0.4) is 0 Å². The van der Waals surface area contributed by atoms with Gasteiger partial charge >= 0.3 is 0 Å². The van der Waals surface area contributed by atoms with Crippen LogP contribution in [0.15, 0.2) is 48.5 Å². The first-order valence-corrected chi connectivity index (χ1v) is 9.24. The highest BCUT2D eigenvalue weighted by Crippen LogP contribution is 2.15. The molecule has 0 aromatic heterocycles. The van der Waals surface area contributed by atoms with Gasteiger partial charge in [0.25, 0.3) is 5.91 Å². The Kier molecular flexibility index (Phi) is 10.3. The summed E-state index contributed by atoms with van der Waals surface area (Å²) >= 11 is 0. The average molecular weight is 344 g/mol. The fourth-order valence-electron chi connectivity index (χ4n) is 2.41. The number of nitrogens with one attached hydrogen (secondary N) is 1. The topological polar surface area (TPSA) is 38.3 Å². The Morgan fingerprint density at radius 1 is 1.04 bits per heavy atom. The summed E-state index contributed by atoms with van der Waals surface area (Å²) in [7, 11) is 0. The van der Waals surface area contributed by atoms with Crippen molar-refractivity contribution in [1.29, 1.82) is 0 Å². The van der Waals surface area contributed by atoms with Crippen LogP contribution in [-0.4, -0.2) is 19.1 Å². The number of carbonyl (C=O) groups excluding carboxylic acids is 1. The third kappa shape index (κ3) is 7.53. The van der Waals surface area contributed by atoms with E-state index in [1.165, 1.54) is 5.56 Å². The van der Waals surface area contributed by atoms with Gasteiger partial charge in [-0.15, -0.1) is 0 Å². The van der Waals surface area contributed by atoms with Crippen molar-refractivity contribution in [3.05, 3.63) is 65.2 Å². The summed E-state index contributed by atoms with van der Waals surface area (Å²) in [4.78, 5) is 12.5. The lowest BCUT2D eigenvalue weighted by Gasteiger charge is -2.10. The number of hydrogen-bond acceptors (Lipinski definition) is 2. The SMILES string of the molecule is CC.CCCOCCCc1ccccc1C(=O)Nc1ccc(C)cc1.[HH]. The standard InChI is InChI=1S/C20H25NO2.C2H6.H2/c1-3-14-23-15-6-8-17-7-4-5-9-19(17)20(22)21-18-12-10-16(2)11-13-18;1-2;/h4-5,7,9-13H,3,6,8,14-15H2,1-2H3,(H,21,22);1-2H3;1H. The van der Waals surface area contributed by atoms with E-state index in [0.29, 0.717) is 0 Å². The van der Waals surface area contributed by atoms with Gasteiger partial charge in [-0.3, -0.25) is 4.79 Å². The number of rotatable bonds is 8. The molecule has 25 heavy (non-hydrogen) atoms. The first kappa shape index (κ1) is 20.9. The van der Waals surface area contributed by atoms with Crippen LogP contribution in [-0.2, 0) is 11.2 Å². The van der Waals surface area contributed by atoms with E-state index in [1.807, 2.05) is 69.3 Å². The molecule has 0 saturated heterocycles. The van der Waals surface area contributed by atoms with Crippen molar-refractivity contribution >= 4 is 11.6 Å².